The molecule has 0 rings (SSSR count). The highest BCUT2D eigenvalue weighted by molar-refractivity contribution is 4.93. The number of hydrogen-bond acceptors (Lipinski definition) is 2. The van der Waals surface area contributed by atoms with Gasteiger partial charge in [0.25, 0.3) is 0 Å². The van der Waals surface area contributed by atoms with E-state index in [2.05, 4.69) is 18.7 Å². The second kappa shape index (κ2) is 24.4. The SMILES string of the molecule is C=C(CCCCCCCCCCCC(C)C#N)CCCCCCCCCCCC(C)C#N. The van der Waals surface area contributed by atoms with Gasteiger partial charge in [0.15, 0.2) is 0 Å². The van der Waals surface area contributed by atoms with Gasteiger partial charge in [0.05, 0.1) is 12.1 Å². The van der Waals surface area contributed by atoms with Crippen molar-refractivity contribution in [3.05, 3.63) is 12.2 Å². The van der Waals surface area contributed by atoms with Gasteiger partial charge in [-0.3, -0.25) is 0 Å². The van der Waals surface area contributed by atoms with Gasteiger partial charge in [-0.05, 0) is 52.4 Å². The molecular weight excluding hydrogens is 388 g/mol. The zero-order valence-electron chi connectivity index (χ0n) is 21.8. The van der Waals surface area contributed by atoms with Crippen LogP contribution in [-0.2, 0) is 0 Å². The summed E-state index contributed by atoms with van der Waals surface area (Å²) in [4.78, 5) is 0. The molecule has 0 heterocycles. The molecule has 0 aromatic rings. The van der Waals surface area contributed by atoms with Crippen molar-refractivity contribution < 1.29 is 0 Å². The van der Waals surface area contributed by atoms with Crippen molar-refractivity contribution in [2.75, 3.05) is 0 Å². The maximum atomic E-state index is 8.78. The van der Waals surface area contributed by atoms with E-state index in [1.807, 2.05) is 13.8 Å². The van der Waals surface area contributed by atoms with E-state index in [9.17, 15) is 0 Å². The van der Waals surface area contributed by atoms with Crippen LogP contribution in [0.25, 0.3) is 0 Å². The van der Waals surface area contributed by atoms with Crippen LogP contribution in [0, 0.1) is 34.5 Å². The summed E-state index contributed by atoms with van der Waals surface area (Å²) >= 11 is 0. The number of rotatable bonds is 24. The van der Waals surface area contributed by atoms with Crippen LogP contribution in [0.5, 0.6) is 0 Å². The molecule has 2 heteroatoms. The van der Waals surface area contributed by atoms with Gasteiger partial charge >= 0.3 is 0 Å². The Balaban J connectivity index is 3.21. The van der Waals surface area contributed by atoms with Crippen LogP contribution >= 0.6 is 0 Å². The number of unbranched alkanes of at least 4 members (excludes halogenated alkanes) is 16. The van der Waals surface area contributed by atoms with Gasteiger partial charge in [-0.2, -0.15) is 10.5 Å². The Morgan fingerprint density at radius 3 is 1.03 bits per heavy atom. The third kappa shape index (κ3) is 23.4. The first-order valence-corrected chi connectivity index (χ1v) is 14.1. The Morgan fingerprint density at radius 2 is 0.750 bits per heavy atom. The van der Waals surface area contributed by atoms with Crippen LogP contribution in [0.4, 0.5) is 0 Å². The molecule has 0 radical (unpaired) electrons. The number of allylic oxidation sites excluding steroid dienone is 1. The first kappa shape index (κ1) is 30.7. The molecule has 2 unspecified atom stereocenters. The summed E-state index contributed by atoms with van der Waals surface area (Å²) < 4.78 is 0. The van der Waals surface area contributed by atoms with Crippen LogP contribution in [0.2, 0.25) is 0 Å². The summed E-state index contributed by atoms with van der Waals surface area (Å²) in [6.45, 7) is 8.36. The molecule has 0 aliphatic carbocycles. The number of hydrogen-bond donors (Lipinski definition) is 0. The molecule has 0 aromatic carbocycles. The normalized spacial score (nSPS) is 12.8. The minimum absolute atomic E-state index is 0.237. The zero-order valence-corrected chi connectivity index (χ0v) is 21.8. The minimum atomic E-state index is 0.237. The van der Waals surface area contributed by atoms with E-state index in [-0.39, 0.29) is 11.8 Å². The van der Waals surface area contributed by atoms with Gasteiger partial charge < -0.3 is 0 Å². The van der Waals surface area contributed by atoms with Crippen molar-refractivity contribution in [1.29, 1.82) is 10.5 Å². The Kier molecular flexibility index (Phi) is 23.4. The first-order chi connectivity index (χ1) is 15.6. The highest BCUT2D eigenvalue weighted by Gasteiger charge is 2.01. The average molecular weight is 443 g/mol. The molecule has 0 saturated heterocycles. The topological polar surface area (TPSA) is 47.6 Å². The fourth-order valence-corrected chi connectivity index (χ4v) is 4.38. The van der Waals surface area contributed by atoms with Gasteiger partial charge in [-0.1, -0.05) is 115 Å². The van der Waals surface area contributed by atoms with Gasteiger partial charge in [0.1, 0.15) is 0 Å². The lowest BCUT2D eigenvalue weighted by Gasteiger charge is -2.07. The molecular formula is C30H54N2. The first-order valence-electron chi connectivity index (χ1n) is 14.1. The molecule has 0 aromatic heterocycles. The summed E-state index contributed by atoms with van der Waals surface area (Å²) in [5.74, 6) is 0.474. The minimum Gasteiger partial charge on any atom is -0.198 e. The second-order valence-corrected chi connectivity index (χ2v) is 10.3. The van der Waals surface area contributed by atoms with E-state index in [0.29, 0.717) is 0 Å². The largest absolute Gasteiger partial charge is 0.198 e. The van der Waals surface area contributed by atoms with E-state index < -0.39 is 0 Å². The monoisotopic (exact) mass is 442 g/mol. The summed E-state index contributed by atoms with van der Waals surface area (Å²) in [6, 6.07) is 4.65. The van der Waals surface area contributed by atoms with Crippen LogP contribution in [0.15, 0.2) is 12.2 Å². The molecule has 0 spiro atoms. The van der Waals surface area contributed by atoms with Crippen LogP contribution in [-0.4, -0.2) is 0 Å². The summed E-state index contributed by atoms with van der Waals surface area (Å²) in [5.41, 5.74) is 1.48. The molecule has 2 nitrogen and oxygen atoms in total. The van der Waals surface area contributed by atoms with Crippen molar-refractivity contribution in [1.82, 2.24) is 0 Å². The molecule has 0 aliphatic rings. The highest BCUT2D eigenvalue weighted by Crippen LogP contribution is 2.18. The smallest absolute Gasteiger partial charge is 0.0652 e. The lowest BCUT2D eigenvalue weighted by Crippen LogP contribution is -1.90. The standard InChI is InChI=1S/C30H54N2/c1-28(22-18-14-10-6-4-8-12-16-20-24-29(2)26-31)23-19-15-11-7-5-9-13-17-21-25-30(3)27-32/h29-30H,1,4-25H2,2-3H3. The summed E-state index contributed by atoms with van der Waals surface area (Å²) in [5, 5.41) is 17.6. The highest BCUT2D eigenvalue weighted by atomic mass is 14.3. The van der Waals surface area contributed by atoms with E-state index in [1.54, 1.807) is 0 Å². The van der Waals surface area contributed by atoms with Gasteiger partial charge in [0, 0.05) is 11.8 Å². The van der Waals surface area contributed by atoms with Crippen molar-refractivity contribution in [3.8, 4) is 12.1 Å². The second-order valence-electron chi connectivity index (χ2n) is 10.3. The fourth-order valence-electron chi connectivity index (χ4n) is 4.38. The Labute approximate surface area is 201 Å². The molecule has 2 atom stereocenters. The molecule has 0 amide bonds. The fraction of sp³-hybridized carbons (Fsp3) is 0.867. The zero-order chi connectivity index (χ0) is 23.7. The summed E-state index contributed by atoms with van der Waals surface area (Å²) in [6.07, 6.45) is 28.8. The van der Waals surface area contributed by atoms with Crippen molar-refractivity contribution in [2.45, 2.75) is 155 Å². The van der Waals surface area contributed by atoms with E-state index in [1.165, 1.54) is 134 Å². The molecule has 0 fully saturated rings. The van der Waals surface area contributed by atoms with E-state index >= 15 is 0 Å². The van der Waals surface area contributed by atoms with E-state index in [0.717, 1.165) is 12.8 Å². The van der Waals surface area contributed by atoms with Crippen molar-refractivity contribution in [2.24, 2.45) is 11.8 Å². The third-order valence-electron chi connectivity index (χ3n) is 6.78. The Morgan fingerprint density at radius 1 is 0.500 bits per heavy atom. The quantitative estimate of drug-likeness (QED) is 0.110. The lowest BCUT2D eigenvalue weighted by molar-refractivity contribution is 0.526. The number of nitriles is 2. The van der Waals surface area contributed by atoms with Gasteiger partial charge in [-0.15, -0.1) is 0 Å². The average Bonchev–Trinajstić information content (AvgIpc) is 2.80. The molecule has 0 saturated carbocycles. The molecule has 0 bridgehead atoms. The van der Waals surface area contributed by atoms with Crippen LogP contribution in [0.3, 0.4) is 0 Å². The predicted octanol–water partition coefficient (Wildman–Crippen LogP) is 10.4. The van der Waals surface area contributed by atoms with Crippen LogP contribution < -0.4 is 0 Å². The lowest BCUT2D eigenvalue weighted by atomic mass is 9.99. The van der Waals surface area contributed by atoms with Crippen molar-refractivity contribution >= 4 is 0 Å². The Hall–Kier alpha value is -1.28. The summed E-state index contributed by atoms with van der Waals surface area (Å²) in [7, 11) is 0. The Bertz CT molecular complexity index is 452. The maximum Gasteiger partial charge on any atom is 0.0652 e. The third-order valence-corrected chi connectivity index (χ3v) is 6.78. The molecule has 0 N–H and O–H groups in total. The molecule has 184 valence electrons. The van der Waals surface area contributed by atoms with Gasteiger partial charge in [-0.25, -0.2) is 0 Å². The molecule has 0 aliphatic heterocycles. The predicted molar refractivity (Wildman–Crippen MR) is 140 cm³/mol. The van der Waals surface area contributed by atoms with Crippen molar-refractivity contribution in [3.63, 3.8) is 0 Å². The maximum absolute atomic E-state index is 8.78. The van der Waals surface area contributed by atoms with E-state index in [4.69, 9.17) is 10.5 Å². The van der Waals surface area contributed by atoms with Gasteiger partial charge in [0.2, 0.25) is 0 Å². The number of nitrogens with zero attached hydrogens (tertiary/aromatic N) is 2. The molecule has 32 heavy (non-hydrogen) atoms. The van der Waals surface area contributed by atoms with Crippen LogP contribution in [0.1, 0.15) is 155 Å².